The fraction of sp³-hybridized carbons (Fsp3) is 0.600. The van der Waals surface area contributed by atoms with Crippen molar-refractivity contribution in [2.24, 2.45) is 0 Å². The minimum atomic E-state index is -3.93. The Morgan fingerprint density at radius 3 is 2.16 bits per heavy atom. The third kappa shape index (κ3) is 7.52. The quantitative estimate of drug-likeness (QED) is 0.255. The first-order valence-electron chi connectivity index (χ1n) is 10.6. The molecule has 0 amide bonds. The molecule has 0 bridgehead atoms. The first-order valence-corrected chi connectivity index (χ1v) is 13.7. The van der Waals surface area contributed by atoms with E-state index in [1.165, 1.54) is 0 Å². The Labute approximate surface area is 184 Å². The van der Waals surface area contributed by atoms with Gasteiger partial charge in [0.25, 0.3) is 0 Å². The molecule has 31 heavy (non-hydrogen) atoms. The summed E-state index contributed by atoms with van der Waals surface area (Å²) >= 11 is 0. The molecule has 0 radical (unpaired) electrons. The molecule has 9 nitrogen and oxygen atoms in total. The average Bonchev–Trinajstić information content (AvgIpc) is 3.14. The first-order chi connectivity index (χ1) is 14.9. The number of phosphoric acid groups is 1. The summed E-state index contributed by atoms with van der Waals surface area (Å²) in [6.45, 7) is 7.96. The van der Waals surface area contributed by atoms with E-state index in [-0.39, 0.29) is 33.0 Å². The molecule has 0 fully saturated rings. The number of phosphoric ester groups is 1. The molecule has 0 spiro atoms. The van der Waals surface area contributed by atoms with Gasteiger partial charge in [-0.2, -0.15) is 0 Å². The van der Waals surface area contributed by atoms with Crippen molar-refractivity contribution in [1.29, 1.82) is 0 Å². The number of para-hydroxylation sites is 1. The van der Waals surface area contributed by atoms with E-state index in [4.69, 9.17) is 22.6 Å². The zero-order valence-corrected chi connectivity index (χ0v) is 20.5. The summed E-state index contributed by atoms with van der Waals surface area (Å²) < 4.78 is 53.2. The van der Waals surface area contributed by atoms with Crippen molar-refractivity contribution in [3.63, 3.8) is 0 Å². The van der Waals surface area contributed by atoms with E-state index in [1.54, 1.807) is 27.7 Å². The number of hydrogen-bond donors (Lipinski definition) is 2. The van der Waals surface area contributed by atoms with E-state index in [1.807, 2.05) is 24.4 Å². The van der Waals surface area contributed by atoms with Gasteiger partial charge in [-0.1, -0.05) is 18.2 Å². The van der Waals surface area contributed by atoms with E-state index in [2.05, 4.69) is 16.4 Å². The number of rotatable bonds is 16. The summed E-state index contributed by atoms with van der Waals surface area (Å²) in [6, 6.07) is 8.06. The molecule has 1 atom stereocenters. The summed E-state index contributed by atoms with van der Waals surface area (Å²) in [4.78, 5) is 3.25. The van der Waals surface area contributed by atoms with Crippen molar-refractivity contribution in [3.05, 3.63) is 36.0 Å². The highest BCUT2D eigenvalue weighted by atomic mass is 31.2. The van der Waals surface area contributed by atoms with Gasteiger partial charge in [-0.25, -0.2) is 4.57 Å². The van der Waals surface area contributed by atoms with Crippen molar-refractivity contribution in [3.8, 4) is 0 Å². The fourth-order valence-electron chi connectivity index (χ4n) is 3.12. The van der Waals surface area contributed by atoms with Crippen LogP contribution in [-0.2, 0) is 38.2 Å². The SMILES string of the molecule is CCOP(=O)(OCC)OC(CNCCc1c[nH]c2ccccc12)P(=O)(OCC)OCC. The van der Waals surface area contributed by atoms with Crippen LogP contribution in [0.4, 0.5) is 0 Å². The third-order valence-electron chi connectivity index (χ3n) is 4.36. The van der Waals surface area contributed by atoms with Crippen molar-refractivity contribution < 1.29 is 31.7 Å². The second-order valence-corrected chi connectivity index (χ2v) is 10.3. The zero-order valence-electron chi connectivity index (χ0n) is 18.7. The highest BCUT2D eigenvalue weighted by Crippen LogP contribution is 2.60. The lowest BCUT2D eigenvalue weighted by atomic mass is 10.1. The van der Waals surface area contributed by atoms with Gasteiger partial charge < -0.3 is 19.3 Å². The first kappa shape index (κ1) is 26.2. The second kappa shape index (κ2) is 12.9. The summed E-state index contributed by atoms with van der Waals surface area (Å²) in [7, 11) is -7.66. The Morgan fingerprint density at radius 1 is 0.935 bits per heavy atom. The maximum Gasteiger partial charge on any atom is 0.475 e. The van der Waals surface area contributed by atoms with Gasteiger partial charge in [0.15, 0.2) is 5.85 Å². The van der Waals surface area contributed by atoms with Crippen LogP contribution in [-0.4, -0.2) is 50.3 Å². The molecule has 2 rings (SSSR count). The molecular weight excluding hydrogens is 442 g/mol. The van der Waals surface area contributed by atoms with Gasteiger partial charge >= 0.3 is 15.4 Å². The van der Waals surface area contributed by atoms with E-state index in [0.717, 1.165) is 22.9 Å². The molecule has 0 saturated heterocycles. The van der Waals surface area contributed by atoms with Crippen molar-refractivity contribution in [1.82, 2.24) is 10.3 Å². The number of hydrogen-bond acceptors (Lipinski definition) is 8. The normalized spacial score (nSPS) is 13.7. The van der Waals surface area contributed by atoms with Gasteiger partial charge in [-0.3, -0.25) is 18.1 Å². The summed E-state index contributed by atoms with van der Waals surface area (Å²) in [5, 5.41) is 4.37. The smallest absolute Gasteiger partial charge is 0.361 e. The lowest BCUT2D eigenvalue weighted by Crippen LogP contribution is -2.31. The van der Waals surface area contributed by atoms with Crippen LogP contribution < -0.4 is 5.32 Å². The molecule has 176 valence electrons. The van der Waals surface area contributed by atoms with Crippen LogP contribution in [0.3, 0.4) is 0 Å². The monoisotopic (exact) mass is 476 g/mol. The Balaban J connectivity index is 2.09. The predicted octanol–water partition coefficient (Wildman–Crippen LogP) is 5.09. The van der Waals surface area contributed by atoms with E-state index >= 15 is 0 Å². The molecule has 0 saturated carbocycles. The number of benzene rings is 1. The van der Waals surface area contributed by atoms with E-state index in [9.17, 15) is 9.13 Å². The summed E-state index contributed by atoms with van der Waals surface area (Å²) in [6.07, 6.45) is 2.71. The molecule has 0 aliphatic carbocycles. The standard InChI is InChI=1S/C20H34N2O7P2/c1-5-25-30(23,26-6-2)20(29-31(24,27-7-3)28-8-4)16-21-14-13-17-15-22-19-12-10-9-11-18(17)19/h9-12,15,20-22H,5-8,13-14,16H2,1-4H3. The maximum atomic E-state index is 13.4. The van der Waals surface area contributed by atoms with Crippen LogP contribution in [0.5, 0.6) is 0 Å². The van der Waals surface area contributed by atoms with Crippen LogP contribution in [0, 0.1) is 0 Å². The molecule has 2 N–H and O–H groups in total. The van der Waals surface area contributed by atoms with Crippen LogP contribution in [0.15, 0.2) is 30.5 Å². The van der Waals surface area contributed by atoms with Crippen LogP contribution >= 0.6 is 15.4 Å². The van der Waals surface area contributed by atoms with Gasteiger partial charge in [0.2, 0.25) is 0 Å². The second-order valence-electron chi connectivity index (χ2n) is 6.53. The van der Waals surface area contributed by atoms with Gasteiger partial charge in [0.1, 0.15) is 0 Å². The van der Waals surface area contributed by atoms with Crippen molar-refractivity contribution >= 4 is 26.3 Å². The Kier molecular flexibility index (Phi) is 10.9. The molecular formula is C20H34N2O7P2. The zero-order chi connectivity index (χ0) is 22.7. The number of fused-ring (bicyclic) bond motifs is 1. The number of nitrogens with one attached hydrogen (secondary N) is 2. The lowest BCUT2D eigenvalue weighted by molar-refractivity contribution is 0.0890. The minimum Gasteiger partial charge on any atom is -0.361 e. The Hall–Kier alpha value is -1.02. The Bertz CT molecular complexity index is 869. The third-order valence-corrected chi connectivity index (χ3v) is 8.42. The molecule has 0 aliphatic rings. The van der Waals surface area contributed by atoms with Gasteiger partial charge in [-0.05, 0) is 52.3 Å². The highest BCUT2D eigenvalue weighted by Gasteiger charge is 2.43. The van der Waals surface area contributed by atoms with Crippen LogP contribution in [0.1, 0.15) is 33.3 Å². The van der Waals surface area contributed by atoms with Crippen LogP contribution in [0.25, 0.3) is 10.9 Å². The number of aromatic amines is 1. The summed E-state index contributed by atoms with van der Waals surface area (Å²) in [5.74, 6) is -1.15. The molecule has 1 aromatic heterocycles. The number of aromatic nitrogens is 1. The maximum absolute atomic E-state index is 13.4. The molecule has 11 heteroatoms. The van der Waals surface area contributed by atoms with Gasteiger partial charge in [0.05, 0.1) is 26.4 Å². The van der Waals surface area contributed by atoms with Crippen molar-refractivity contribution in [2.75, 3.05) is 39.5 Å². The Morgan fingerprint density at radius 2 is 1.55 bits per heavy atom. The van der Waals surface area contributed by atoms with Crippen LogP contribution in [0.2, 0.25) is 0 Å². The van der Waals surface area contributed by atoms with E-state index < -0.39 is 21.3 Å². The lowest BCUT2D eigenvalue weighted by Gasteiger charge is -2.29. The molecule has 1 aromatic carbocycles. The van der Waals surface area contributed by atoms with Gasteiger partial charge in [0, 0.05) is 23.6 Å². The highest BCUT2D eigenvalue weighted by molar-refractivity contribution is 7.56. The van der Waals surface area contributed by atoms with E-state index in [0.29, 0.717) is 6.54 Å². The molecule has 1 heterocycles. The molecule has 1 unspecified atom stereocenters. The number of H-pyrrole nitrogens is 1. The molecule has 0 aliphatic heterocycles. The minimum absolute atomic E-state index is 0.0871. The summed E-state index contributed by atoms with van der Waals surface area (Å²) in [5.41, 5.74) is 2.23. The topological polar surface area (TPSA) is 108 Å². The van der Waals surface area contributed by atoms with Gasteiger partial charge in [-0.15, -0.1) is 0 Å². The average molecular weight is 476 g/mol. The largest absolute Gasteiger partial charge is 0.475 e. The molecule has 2 aromatic rings. The van der Waals surface area contributed by atoms with Crippen molar-refractivity contribution in [2.45, 2.75) is 40.0 Å². The predicted molar refractivity (Wildman–Crippen MR) is 121 cm³/mol. The fourth-order valence-corrected chi connectivity index (χ4v) is 6.61.